The van der Waals surface area contributed by atoms with E-state index < -0.39 is 0 Å². The van der Waals surface area contributed by atoms with E-state index in [0.717, 1.165) is 65.6 Å². The highest BCUT2D eigenvalue weighted by Gasteiger charge is 2.26. The van der Waals surface area contributed by atoms with E-state index >= 15 is 0 Å². The van der Waals surface area contributed by atoms with Gasteiger partial charge in [0.15, 0.2) is 5.65 Å². The second-order valence-corrected chi connectivity index (χ2v) is 10.1. The van der Waals surface area contributed by atoms with Crippen LogP contribution in [-0.4, -0.2) is 63.8 Å². The van der Waals surface area contributed by atoms with Gasteiger partial charge >= 0.3 is 0 Å². The fraction of sp³-hybridized carbons (Fsp3) is 0.400. The van der Waals surface area contributed by atoms with Crippen molar-refractivity contribution in [2.75, 3.05) is 38.2 Å². The van der Waals surface area contributed by atoms with E-state index in [0.29, 0.717) is 25.2 Å². The lowest BCUT2D eigenvalue weighted by atomic mass is 10.1. The van der Waals surface area contributed by atoms with Gasteiger partial charge in [-0.3, -0.25) is 4.79 Å². The zero-order valence-electron chi connectivity index (χ0n) is 23.0. The minimum Gasteiger partial charge on any atom is -0.497 e. The Morgan fingerprint density at radius 3 is 2.46 bits per heavy atom. The predicted molar refractivity (Wildman–Crippen MR) is 150 cm³/mol. The van der Waals surface area contributed by atoms with E-state index in [-0.39, 0.29) is 17.6 Å². The number of aryl methyl sites for hydroxylation is 1. The molecule has 5 rings (SSSR count). The fourth-order valence-corrected chi connectivity index (χ4v) is 5.20. The summed E-state index contributed by atoms with van der Waals surface area (Å²) >= 11 is 0. The summed E-state index contributed by atoms with van der Waals surface area (Å²) in [6.07, 6.45) is 2.82. The van der Waals surface area contributed by atoms with Gasteiger partial charge in [-0.05, 0) is 68.3 Å². The molecule has 1 atom stereocenters. The van der Waals surface area contributed by atoms with Crippen LogP contribution in [0, 0.1) is 12.7 Å². The molecule has 1 fully saturated rings. The SMILES string of the molecule is CCC[C@@H](C)c1nc(N2CCCN(C(=O)c3ccc(OC)cc3)CC2)c2c(C)nn(-c3ccc(F)cc3)c2n1. The highest BCUT2D eigenvalue weighted by Crippen LogP contribution is 2.32. The molecule has 1 aliphatic rings. The largest absolute Gasteiger partial charge is 0.497 e. The third-order valence-electron chi connectivity index (χ3n) is 7.35. The second kappa shape index (κ2) is 11.4. The summed E-state index contributed by atoms with van der Waals surface area (Å²) in [6, 6.07) is 13.6. The standard InChI is InChI=1S/C30H35FN6O2/c1-5-7-20(2)27-32-28(26-21(3)34-37(29(26)33-27)24-12-10-23(31)11-13-24)35-16-6-17-36(19-18-35)30(38)22-8-14-25(39-4)15-9-22/h8-15,20H,5-7,16-19H2,1-4H3/t20-/m1/s1. The van der Waals surface area contributed by atoms with E-state index in [2.05, 4.69) is 18.7 Å². The van der Waals surface area contributed by atoms with Crippen LogP contribution in [0.25, 0.3) is 16.7 Å². The molecule has 2 aromatic heterocycles. The lowest BCUT2D eigenvalue weighted by Crippen LogP contribution is -2.35. The average Bonchev–Trinajstić information content (AvgIpc) is 3.12. The molecular formula is C30H35FN6O2. The highest BCUT2D eigenvalue weighted by atomic mass is 19.1. The molecule has 0 N–H and O–H groups in total. The number of nitrogens with zero attached hydrogens (tertiary/aromatic N) is 6. The number of hydrogen-bond donors (Lipinski definition) is 0. The van der Waals surface area contributed by atoms with Crippen LogP contribution in [0.15, 0.2) is 48.5 Å². The van der Waals surface area contributed by atoms with Crippen LogP contribution in [0.2, 0.25) is 0 Å². The van der Waals surface area contributed by atoms with Crippen molar-refractivity contribution < 1.29 is 13.9 Å². The van der Waals surface area contributed by atoms with Crippen molar-refractivity contribution >= 4 is 22.8 Å². The third-order valence-corrected chi connectivity index (χ3v) is 7.35. The molecule has 1 amide bonds. The molecule has 204 valence electrons. The summed E-state index contributed by atoms with van der Waals surface area (Å²) in [5, 5.41) is 5.69. The molecular weight excluding hydrogens is 495 g/mol. The highest BCUT2D eigenvalue weighted by molar-refractivity contribution is 5.94. The van der Waals surface area contributed by atoms with E-state index in [1.807, 2.05) is 36.1 Å². The van der Waals surface area contributed by atoms with Crippen molar-refractivity contribution in [3.05, 3.63) is 71.4 Å². The van der Waals surface area contributed by atoms with E-state index in [4.69, 9.17) is 19.8 Å². The van der Waals surface area contributed by atoms with Crippen LogP contribution >= 0.6 is 0 Å². The molecule has 4 aromatic rings. The Morgan fingerprint density at radius 1 is 1.03 bits per heavy atom. The van der Waals surface area contributed by atoms with Crippen molar-refractivity contribution in [2.45, 2.75) is 46.0 Å². The maximum absolute atomic E-state index is 13.7. The number of hydrogen-bond acceptors (Lipinski definition) is 6. The van der Waals surface area contributed by atoms with Crippen LogP contribution in [0.1, 0.15) is 60.9 Å². The number of carbonyl (C=O) groups is 1. The van der Waals surface area contributed by atoms with E-state index in [1.54, 1.807) is 23.9 Å². The van der Waals surface area contributed by atoms with Gasteiger partial charge in [-0.15, -0.1) is 0 Å². The molecule has 0 radical (unpaired) electrons. The Morgan fingerprint density at radius 2 is 1.77 bits per heavy atom. The molecule has 0 unspecified atom stereocenters. The summed E-state index contributed by atoms with van der Waals surface area (Å²) < 4.78 is 20.7. The van der Waals surface area contributed by atoms with Gasteiger partial charge in [0, 0.05) is 37.7 Å². The third kappa shape index (κ3) is 5.44. The molecule has 0 aliphatic carbocycles. The van der Waals surface area contributed by atoms with Crippen LogP contribution in [0.4, 0.5) is 10.2 Å². The Labute approximate surface area is 228 Å². The zero-order valence-corrected chi connectivity index (χ0v) is 23.0. The Hall–Kier alpha value is -4.01. The van der Waals surface area contributed by atoms with Gasteiger partial charge in [0.1, 0.15) is 23.2 Å². The first-order valence-corrected chi connectivity index (χ1v) is 13.6. The first-order chi connectivity index (χ1) is 18.9. The van der Waals surface area contributed by atoms with Crippen LogP contribution in [-0.2, 0) is 0 Å². The summed E-state index contributed by atoms with van der Waals surface area (Å²) in [6.45, 7) is 8.94. The molecule has 39 heavy (non-hydrogen) atoms. The topological polar surface area (TPSA) is 76.4 Å². The number of amides is 1. The Balaban J connectivity index is 1.50. The number of anilines is 1. The summed E-state index contributed by atoms with van der Waals surface area (Å²) in [7, 11) is 1.61. The van der Waals surface area contributed by atoms with Crippen molar-refractivity contribution in [1.82, 2.24) is 24.6 Å². The Bertz CT molecular complexity index is 1450. The van der Waals surface area contributed by atoms with E-state index in [1.165, 1.54) is 12.1 Å². The summed E-state index contributed by atoms with van der Waals surface area (Å²) in [5.74, 6) is 2.25. The number of fused-ring (bicyclic) bond motifs is 1. The van der Waals surface area contributed by atoms with Gasteiger partial charge in [0.05, 0.1) is 23.9 Å². The monoisotopic (exact) mass is 530 g/mol. The van der Waals surface area contributed by atoms with Crippen LogP contribution in [0.3, 0.4) is 0 Å². The molecule has 0 spiro atoms. The second-order valence-electron chi connectivity index (χ2n) is 10.1. The number of carbonyl (C=O) groups excluding carboxylic acids is 1. The van der Waals surface area contributed by atoms with Crippen molar-refractivity contribution in [3.8, 4) is 11.4 Å². The molecule has 0 bridgehead atoms. The van der Waals surface area contributed by atoms with Crippen molar-refractivity contribution in [2.24, 2.45) is 0 Å². The average molecular weight is 531 g/mol. The van der Waals surface area contributed by atoms with Gasteiger partial charge in [0.2, 0.25) is 0 Å². The normalized spacial score (nSPS) is 14.9. The lowest BCUT2D eigenvalue weighted by Gasteiger charge is -2.24. The van der Waals surface area contributed by atoms with Crippen LogP contribution in [0.5, 0.6) is 5.75 Å². The van der Waals surface area contributed by atoms with Gasteiger partial charge in [-0.25, -0.2) is 19.0 Å². The quantitative estimate of drug-likeness (QED) is 0.313. The number of ether oxygens (including phenoxy) is 1. The van der Waals surface area contributed by atoms with Gasteiger partial charge in [-0.2, -0.15) is 5.10 Å². The van der Waals surface area contributed by atoms with Gasteiger partial charge in [0.25, 0.3) is 5.91 Å². The number of aromatic nitrogens is 4. The molecule has 2 aromatic carbocycles. The number of rotatable bonds is 7. The van der Waals surface area contributed by atoms with E-state index in [9.17, 15) is 9.18 Å². The zero-order chi connectivity index (χ0) is 27.5. The molecule has 9 heteroatoms. The summed E-state index contributed by atoms with van der Waals surface area (Å²) in [4.78, 5) is 27.5. The van der Waals surface area contributed by atoms with Crippen molar-refractivity contribution in [1.29, 1.82) is 0 Å². The molecule has 8 nitrogen and oxygen atoms in total. The van der Waals surface area contributed by atoms with Crippen LogP contribution < -0.4 is 9.64 Å². The smallest absolute Gasteiger partial charge is 0.253 e. The maximum atomic E-state index is 13.7. The minimum atomic E-state index is -0.294. The van der Waals surface area contributed by atoms with Gasteiger partial charge in [-0.1, -0.05) is 20.3 Å². The number of benzene rings is 2. The molecule has 1 aliphatic heterocycles. The van der Waals surface area contributed by atoms with Crippen molar-refractivity contribution in [3.63, 3.8) is 0 Å². The predicted octanol–water partition coefficient (Wildman–Crippen LogP) is 5.53. The summed E-state index contributed by atoms with van der Waals surface area (Å²) in [5.41, 5.74) is 2.94. The first-order valence-electron chi connectivity index (χ1n) is 13.6. The maximum Gasteiger partial charge on any atom is 0.253 e. The number of halogens is 1. The van der Waals surface area contributed by atoms with Gasteiger partial charge < -0.3 is 14.5 Å². The fourth-order valence-electron chi connectivity index (χ4n) is 5.20. The first kappa shape index (κ1) is 26.6. The molecule has 1 saturated heterocycles. The Kier molecular flexibility index (Phi) is 7.77. The number of methoxy groups -OCH3 is 1. The lowest BCUT2D eigenvalue weighted by molar-refractivity contribution is 0.0767. The molecule has 0 saturated carbocycles. The minimum absolute atomic E-state index is 0.0184. The molecule has 3 heterocycles.